The molecule has 0 unspecified atom stereocenters. The Balaban J connectivity index is 2.35. The minimum atomic E-state index is -0.672. The van der Waals surface area contributed by atoms with E-state index in [2.05, 4.69) is 26.6 Å². The molecule has 0 heterocycles. The van der Waals surface area contributed by atoms with Crippen LogP contribution in [0.25, 0.3) is 0 Å². The van der Waals surface area contributed by atoms with Crippen molar-refractivity contribution < 1.29 is 14.3 Å². The highest BCUT2D eigenvalue weighted by Gasteiger charge is 2.12. The van der Waals surface area contributed by atoms with Crippen molar-refractivity contribution in [1.29, 1.82) is 0 Å². The number of hydrogen-bond donors (Lipinski definition) is 2. The number of hydrogen-bond acceptors (Lipinski definition) is 3. The van der Waals surface area contributed by atoms with Crippen LogP contribution >= 0.6 is 15.9 Å². The molecule has 6 heteroatoms. The Labute approximate surface area is 114 Å². The molecule has 0 saturated heterocycles. The van der Waals surface area contributed by atoms with E-state index in [1.807, 2.05) is 0 Å². The van der Waals surface area contributed by atoms with E-state index in [4.69, 9.17) is 4.74 Å². The fourth-order valence-electron chi connectivity index (χ4n) is 1.22. The standard InChI is InChI=1S/C12H15BrN2O3/c1-18-8-2-7-14-11(16)12(17)15-10-5-3-9(13)4-6-10/h3-6H,2,7-8H2,1H3,(H,14,16)(H,15,17). The fraction of sp³-hybridized carbons (Fsp3) is 0.333. The lowest BCUT2D eigenvalue weighted by Crippen LogP contribution is -2.36. The van der Waals surface area contributed by atoms with Crippen LogP contribution in [0.4, 0.5) is 5.69 Å². The normalized spacial score (nSPS) is 9.89. The van der Waals surface area contributed by atoms with Crippen LogP contribution in [0.2, 0.25) is 0 Å². The number of halogens is 1. The predicted molar refractivity (Wildman–Crippen MR) is 72.3 cm³/mol. The van der Waals surface area contributed by atoms with Crippen LogP contribution < -0.4 is 10.6 Å². The van der Waals surface area contributed by atoms with Crippen molar-refractivity contribution in [3.8, 4) is 0 Å². The van der Waals surface area contributed by atoms with Gasteiger partial charge in [0.25, 0.3) is 0 Å². The molecule has 1 aromatic carbocycles. The molecule has 0 saturated carbocycles. The average Bonchev–Trinajstić information content (AvgIpc) is 2.37. The van der Waals surface area contributed by atoms with Gasteiger partial charge in [-0.25, -0.2) is 0 Å². The zero-order valence-corrected chi connectivity index (χ0v) is 11.6. The van der Waals surface area contributed by atoms with Gasteiger partial charge in [-0.15, -0.1) is 0 Å². The number of carbonyl (C=O) groups excluding carboxylic acids is 2. The molecular weight excluding hydrogens is 300 g/mol. The third-order valence-electron chi connectivity index (χ3n) is 2.12. The summed E-state index contributed by atoms with van der Waals surface area (Å²) in [6, 6.07) is 6.98. The van der Waals surface area contributed by atoms with E-state index in [1.54, 1.807) is 31.4 Å². The molecule has 0 radical (unpaired) electrons. The fourth-order valence-corrected chi connectivity index (χ4v) is 1.48. The highest BCUT2D eigenvalue weighted by molar-refractivity contribution is 9.10. The summed E-state index contributed by atoms with van der Waals surface area (Å²) in [5.74, 6) is -1.32. The number of amides is 2. The van der Waals surface area contributed by atoms with Crippen LogP contribution in [0.5, 0.6) is 0 Å². The molecule has 0 spiro atoms. The minimum Gasteiger partial charge on any atom is -0.385 e. The number of methoxy groups -OCH3 is 1. The molecule has 1 rings (SSSR count). The molecule has 0 aliphatic carbocycles. The summed E-state index contributed by atoms with van der Waals surface area (Å²) in [5, 5.41) is 5.02. The Morgan fingerprint density at radius 3 is 2.50 bits per heavy atom. The van der Waals surface area contributed by atoms with E-state index < -0.39 is 11.8 Å². The van der Waals surface area contributed by atoms with Gasteiger partial charge in [0.2, 0.25) is 0 Å². The van der Waals surface area contributed by atoms with Crippen molar-refractivity contribution in [2.24, 2.45) is 0 Å². The molecule has 18 heavy (non-hydrogen) atoms. The Hall–Kier alpha value is -1.40. The van der Waals surface area contributed by atoms with Gasteiger partial charge in [-0.3, -0.25) is 9.59 Å². The van der Waals surface area contributed by atoms with E-state index in [0.29, 0.717) is 25.3 Å². The van der Waals surface area contributed by atoms with E-state index in [-0.39, 0.29) is 0 Å². The molecule has 2 amide bonds. The van der Waals surface area contributed by atoms with Gasteiger partial charge in [-0.1, -0.05) is 15.9 Å². The van der Waals surface area contributed by atoms with Crippen molar-refractivity contribution in [3.63, 3.8) is 0 Å². The van der Waals surface area contributed by atoms with Gasteiger partial charge in [-0.05, 0) is 30.7 Å². The summed E-state index contributed by atoms with van der Waals surface area (Å²) in [7, 11) is 1.59. The molecule has 5 nitrogen and oxygen atoms in total. The average molecular weight is 315 g/mol. The van der Waals surface area contributed by atoms with E-state index in [1.165, 1.54) is 0 Å². The second-order valence-corrected chi connectivity index (χ2v) is 4.48. The summed E-state index contributed by atoms with van der Waals surface area (Å²) in [6.45, 7) is 0.967. The Morgan fingerprint density at radius 1 is 1.22 bits per heavy atom. The summed E-state index contributed by atoms with van der Waals surface area (Å²) in [6.07, 6.45) is 0.674. The first-order chi connectivity index (χ1) is 8.63. The zero-order chi connectivity index (χ0) is 13.4. The Morgan fingerprint density at radius 2 is 1.89 bits per heavy atom. The molecular formula is C12H15BrN2O3. The third kappa shape index (κ3) is 5.29. The number of benzene rings is 1. The SMILES string of the molecule is COCCCNC(=O)C(=O)Nc1ccc(Br)cc1. The zero-order valence-electron chi connectivity index (χ0n) is 10.0. The van der Waals surface area contributed by atoms with Crippen LogP contribution in [0.1, 0.15) is 6.42 Å². The predicted octanol–water partition coefficient (Wildman–Crippen LogP) is 1.54. The number of anilines is 1. The molecule has 98 valence electrons. The first kappa shape index (κ1) is 14.7. The second kappa shape index (κ2) is 7.84. The monoisotopic (exact) mass is 314 g/mol. The Kier molecular flexibility index (Phi) is 6.38. The number of nitrogens with one attached hydrogen (secondary N) is 2. The van der Waals surface area contributed by atoms with Crippen LogP contribution in [-0.4, -0.2) is 32.1 Å². The van der Waals surface area contributed by atoms with Gasteiger partial charge in [-0.2, -0.15) is 0 Å². The highest BCUT2D eigenvalue weighted by Crippen LogP contribution is 2.13. The van der Waals surface area contributed by atoms with Crippen LogP contribution in [-0.2, 0) is 14.3 Å². The molecule has 0 aromatic heterocycles. The first-order valence-electron chi connectivity index (χ1n) is 5.47. The largest absolute Gasteiger partial charge is 0.385 e. The number of rotatable bonds is 5. The van der Waals surface area contributed by atoms with Crippen LogP contribution in [0.3, 0.4) is 0 Å². The Bertz CT molecular complexity index is 406. The summed E-state index contributed by atoms with van der Waals surface area (Å²) >= 11 is 3.29. The molecule has 0 fully saturated rings. The topological polar surface area (TPSA) is 67.4 Å². The molecule has 2 N–H and O–H groups in total. The van der Waals surface area contributed by atoms with Crippen molar-refractivity contribution in [3.05, 3.63) is 28.7 Å². The van der Waals surface area contributed by atoms with Gasteiger partial charge in [0.1, 0.15) is 0 Å². The minimum absolute atomic E-state index is 0.417. The van der Waals surface area contributed by atoms with Crippen molar-refractivity contribution >= 4 is 33.4 Å². The molecule has 0 bridgehead atoms. The lowest BCUT2D eigenvalue weighted by Gasteiger charge is -2.06. The first-order valence-corrected chi connectivity index (χ1v) is 6.26. The van der Waals surface area contributed by atoms with Gasteiger partial charge >= 0.3 is 11.8 Å². The lowest BCUT2D eigenvalue weighted by molar-refractivity contribution is -0.136. The third-order valence-corrected chi connectivity index (χ3v) is 2.65. The van der Waals surface area contributed by atoms with Gasteiger partial charge in [0, 0.05) is 30.4 Å². The number of ether oxygens (including phenoxy) is 1. The summed E-state index contributed by atoms with van der Waals surface area (Å²) in [5.41, 5.74) is 0.579. The molecule has 0 atom stereocenters. The maximum absolute atomic E-state index is 11.5. The highest BCUT2D eigenvalue weighted by atomic mass is 79.9. The van der Waals surface area contributed by atoms with Crippen molar-refractivity contribution in [1.82, 2.24) is 5.32 Å². The van der Waals surface area contributed by atoms with E-state index in [0.717, 1.165) is 4.47 Å². The van der Waals surface area contributed by atoms with Crippen molar-refractivity contribution in [2.75, 3.05) is 25.6 Å². The molecule has 0 aliphatic heterocycles. The quantitative estimate of drug-likeness (QED) is 0.640. The van der Waals surface area contributed by atoms with Gasteiger partial charge < -0.3 is 15.4 Å². The van der Waals surface area contributed by atoms with Gasteiger partial charge in [0.05, 0.1) is 0 Å². The maximum Gasteiger partial charge on any atom is 0.313 e. The number of carbonyl (C=O) groups is 2. The van der Waals surface area contributed by atoms with Crippen LogP contribution in [0, 0.1) is 0 Å². The van der Waals surface area contributed by atoms with Crippen LogP contribution in [0.15, 0.2) is 28.7 Å². The van der Waals surface area contributed by atoms with E-state index >= 15 is 0 Å². The lowest BCUT2D eigenvalue weighted by atomic mass is 10.3. The second-order valence-electron chi connectivity index (χ2n) is 3.56. The van der Waals surface area contributed by atoms with Gasteiger partial charge in [0.15, 0.2) is 0 Å². The van der Waals surface area contributed by atoms with Crippen molar-refractivity contribution in [2.45, 2.75) is 6.42 Å². The molecule has 1 aromatic rings. The van der Waals surface area contributed by atoms with E-state index in [9.17, 15) is 9.59 Å². The summed E-state index contributed by atoms with van der Waals surface area (Å²) < 4.78 is 5.74. The maximum atomic E-state index is 11.5. The summed E-state index contributed by atoms with van der Waals surface area (Å²) in [4.78, 5) is 22.9. The smallest absolute Gasteiger partial charge is 0.313 e. The molecule has 0 aliphatic rings.